The topological polar surface area (TPSA) is 31.4 Å². The van der Waals surface area contributed by atoms with E-state index in [-0.39, 0.29) is 0 Å². The molecule has 0 saturated heterocycles. The molecule has 2 aromatic rings. The lowest BCUT2D eigenvalue weighted by Gasteiger charge is -2.11. The molecule has 18 heavy (non-hydrogen) atoms. The Morgan fingerprint density at radius 2 is 1.67 bits per heavy atom. The van der Waals surface area contributed by atoms with E-state index in [2.05, 4.69) is 18.0 Å². The summed E-state index contributed by atoms with van der Waals surface area (Å²) in [4.78, 5) is 4.34. The van der Waals surface area contributed by atoms with E-state index in [1.807, 2.05) is 31.3 Å². The van der Waals surface area contributed by atoms with Crippen molar-refractivity contribution in [1.82, 2.24) is 4.98 Å². The number of rotatable bonds is 3. The van der Waals surface area contributed by atoms with Gasteiger partial charge in [0.05, 0.1) is 14.2 Å². The molecule has 0 N–H and O–H groups in total. The molecule has 1 heterocycles. The first-order valence-electron chi connectivity index (χ1n) is 5.81. The fourth-order valence-electron chi connectivity index (χ4n) is 2.00. The average Bonchev–Trinajstić information content (AvgIpc) is 2.38. The van der Waals surface area contributed by atoms with Crippen LogP contribution in [0.25, 0.3) is 11.1 Å². The van der Waals surface area contributed by atoms with Gasteiger partial charge in [-0.3, -0.25) is 4.98 Å². The summed E-state index contributed by atoms with van der Waals surface area (Å²) in [6, 6.07) is 7.97. The summed E-state index contributed by atoms with van der Waals surface area (Å²) in [6.07, 6.45) is 1.89. The monoisotopic (exact) mass is 243 g/mol. The molecule has 0 aliphatic heterocycles. The minimum atomic E-state index is 0.731. The lowest BCUT2D eigenvalue weighted by Crippen LogP contribution is -1.92. The van der Waals surface area contributed by atoms with Gasteiger partial charge in [0.1, 0.15) is 0 Å². The fraction of sp³-hybridized carbons (Fsp3) is 0.267. The zero-order valence-electron chi connectivity index (χ0n) is 11.2. The Morgan fingerprint density at radius 1 is 0.944 bits per heavy atom. The Labute approximate surface area is 107 Å². The Balaban J connectivity index is 2.51. The van der Waals surface area contributed by atoms with E-state index in [4.69, 9.17) is 9.47 Å². The van der Waals surface area contributed by atoms with Crippen molar-refractivity contribution in [2.75, 3.05) is 14.2 Å². The number of methoxy groups -OCH3 is 2. The SMILES string of the molecule is COc1ccc(-c2cnc(C)cc2C)cc1OC. The number of hydrogen-bond acceptors (Lipinski definition) is 3. The second-order valence-electron chi connectivity index (χ2n) is 4.21. The summed E-state index contributed by atoms with van der Waals surface area (Å²) in [5, 5.41) is 0. The predicted molar refractivity (Wildman–Crippen MR) is 72.3 cm³/mol. The van der Waals surface area contributed by atoms with Crippen LogP contribution in [0.15, 0.2) is 30.5 Å². The summed E-state index contributed by atoms with van der Waals surface area (Å²) >= 11 is 0. The van der Waals surface area contributed by atoms with Crippen LogP contribution in [0.4, 0.5) is 0 Å². The molecule has 0 spiro atoms. The van der Waals surface area contributed by atoms with Crippen molar-refractivity contribution in [2.24, 2.45) is 0 Å². The molecule has 3 nitrogen and oxygen atoms in total. The van der Waals surface area contributed by atoms with Gasteiger partial charge in [-0.05, 0) is 43.2 Å². The maximum atomic E-state index is 5.32. The zero-order valence-corrected chi connectivity index (χ0v) is 11.2. The molecule has 0 bridgehead atoms. The average molecular weight is 243 g/mol. The minimum Gasteiger partial charge on any atom is -0.493 e. The number of aromatic nitrogens is 1. The summed E-state index contributed by atoms with van der Waals surface area (Å²) < 4.78 is 10.6. The van der Waals surface area contributed by atoms with Crippen LogP contribution in [0.1, 0.15) is 11.3 Å². The third kappa shape index (κ3) is 2.30. The standard InChI is InChI=1S/C15H17NO2/c1-10-7-11(2)16-9-13(10)12-5-6-14(17-3)15(8-12)18-4/h5-9H,1-4H3. The molecule has 0 fully saturated rings. The van der Waals surface area contributed by atoms with E-state index in [1.165, 1.54) is 5.56 Å². The third-order valence-corrected chi connectivity index (χ3v) is 2.94. The Bertz CT molecular complexity index is 564. The van der Waals surface area contributed by atoms with Gasteiger partial charge in [0.15, 0.2) is 11.5 Å². The van der Waals surface area contributed by atoms with Crippen LogP contribution < -0.4 is 9.47 Å². The number of pyridine rings is 1. The summed E-state index contributed by atoms with van der Waals surface area (Å²) in [5.74, 6) is 1.47. The largest absolute Gasteiger partial charge is 0.493 e. The van der Waals surface area contributed by atoms with Gasteiger partial charge < -0.3 is 9.47 Å². The highest BCUT2D eigenvalue weighted by Gasteiger charge is 2.08. The summed E-state index contributed by atoms with van der Waals surface area (Å²) in [5.41, 5.74) is 4.42. The summed E-state index contributed by atoms with van der Waals surface area (Å²) in [7, 11) is 3.28. The molecule has 1 aromatic heterocycles. The maximum absolute atomic E-state index is 5.32. The second-order valence-corrected chi connectivity index (χ2v) is 4.21. The van der Waals surface area contributed by atoms with Crippen molar-refractivity contribution in [1.29, 1.82) is 0 Å². The predicted octanol–water partition coefficient (Wildman–Crippen LogP) is 3.38. The first-order chi connectivity index (χ1) is 8.65. The van der Waals surface area contributed by atoms with E-state index in [0.717, 1.165) is 28.3 Å². The molecular formula is C15H17NO2. The van der Waals surface area contributed by atoms with Crippen LogP contribution >= 0.6 is 0 Å². The van der Waals surface area contributed by atoms with Gasteiger partial charge in [-0.25, -0.2) is 0 Å². The van der Waals surface area contributed by atoms with E-state index < -0.39 is 0 Å². The number of nitrogens with zero attached hydrogens (tertiary/aromatic N) is 1. The number of hydrogen-bond donors (Lipinski definition) is 0. The van der Waals surface area contributed by atoms with Gasteiger partial charge in [0, 0.05) is 17.5 Å². The molecule has 0 radical (unpaired) electrons. The third-order valence-electron chi connectivity index (χ3n) is 2.94. The quantitative estimate of drug-likeness (QED) is 0.828. The Kier molecular flexibility index (Phi) is 3.51. The fourth-order valence-corrected chi connectivity index (χ4v) is 2.00. The first-order valence-corrected chi connectivity index (χ1v) is 5.81. The number of aryl methyl sites for hydroxylation is 2. The normalized spacial score (nSPS) is 10.2. The second kappa shape index (κ2) is 5.08. The van der Waals surface area contributed by atoms with E-state index in [9.17, 15) is 0 Å². The molecule has 0 amide bonds. The van der Waals surface area contributed by atoms with Crippen molar-refractivity contribution >= 4 is 0 Å². The van der Waals surface area contributed by atoms with Gasteiger partial charge in [0.25, 0.3) is 0 Å². The lowest BCUT2D eigenvalue weighted by molar-refractivity contribution is 0.355. The van der Waals surface area contributed by atoms with Crippen molar-refractivity contribution in [2.45, 2.75) is 13.8 Å². The van der Waals surface area contributed by atoms with Gasteiger partial charge in [-0.2, -0.15) is 0 Å². The van der Waals surface area contributed by atoms with Crippen molar-refractivity contribution in [3.8, 4) is 22.6 Å². The minimum absolute atomic E-state index is 0.731. The van der Waals surface area contributed by atoms with Gasteiger partial charge >= 0.3 is 0 Å². The Hall–Kier alpha value is -2.03. The van der Waals surface area contributed by atoms with E-state index in [1.54, 1.807) is 14.2 Å². The van der Waals surface area contributed by atoms with Gasteiger partial charge in [-0.15, -0.1) is 0 Å². The zero-order chi connectivity index (χ0) is 13.1. The van der Waals surface area contributed by atoms with E-state index in [0.29, 0.717) is 0 Å². The van der Waals surface area contributed by atoms with Crippen LogP contribution in [0.5, 0.6) is 11.5 Å². The first kappa shape index (κ1) is 12.4. The highest BCUT2D eigenvalue weighted by molar-refractivity contribution is 5.69. The highest BCUT2D eigenvalue weighted by Crippen LogP contribution is 2.33. The van der Waals surface area contributed by atoms with Crippen LogP contribution in [0.3, 0.4) is 0 Å². The molecule has 3 heteroatoms. The van der Waals surface area contributed by atoms with Crippen LogP contribution in [-0.4, -0.2) is 19.2 Å². The molecule has 0 saturated carbocycles. The molecule has 2 rings (SSSR count). The molecular weight excluding hydrogens is 226 g/mol. The molecule has 0 atom stereocenters. The van der Waals surface area contributed by atoms with Crippen molar-refractivity contribution in [3.63, 3.8) is 0 Å². The van der Waals surface area contributed by atoms with Gasteiger partial charge in [0.2, 0.25) is 0 Å². The van der Waals surface area contributed by atoms with Crippen LogP contribution in [0.2, 0.25) is 0 Å². The van der Waals surface area contributed by atoms with Crippen molar-refractivity contribution < 1.29 is 9.47 Å². The smallest absolute Gasteiger partial charge is 0.161 e. The number of benzene rings is 1. The van der Waals surface area contributed by atoms with E-state index >= 15 is 0 Å². The Morgan fingerprint density at radius 3 is 2.28 bits per heavy atom. The maximum Gasteiger partial charge on any atom is 0.161 e. The summed E-state index contributed by atoms with van der Waals surface area (Å²) in [6.45, 7) is 4.08. The van der Waals surface area contributed by atoms with Crippen LogP contribution in [0, 0.1) is 13.8 Å². The lowest BCUT2D eigenvalue weighted by atomic mass is 10.0. The molecule has 0 unspecified atom stereocenters. The van der Waals surface area contributed by atoms with Gasteiger partial charge in [-0.1, -0.05) is 6.07 Å². The molecule has 0 aliphatic rings. The molecule has 1 aromatic carbocycles. The van der Waals surface area contributed by atoms with Crippen molar-refractivity contribution in [3.05, 3.63) is 41.7 Å². The number of ether oxygens (including phenoxy) is 2. The van der Waals surface area contributed by atoms with Crippen LogP contribution in [-0.2, 0) is 0 Å². The highest BCUT2D eigenvalue weighted by atomic mass is 16.5. The molecule has 0 aliphatic carbocycles. The molecule has 94 valence electrons.